The van der Waals surface area contributed by atoms with Crippen LogP contribution in [-0.4, -0.2) is 27.8 Å². The fraction of sp³-hybridized carbons (Fsp3) is 0.500. The Balaban J connectivity index is 2.12. The van der Waals surface area contributed by atoms with Crippen LogP contribution in [0, 0.1) is 5.92 Å². The number of carbonyl (C=O) groups excluding carboxylic acids is 1. The topological polar surface area (TPSA) is 46.9 Å². The van der Waals surface area contributed by atoms with E-state index in [1.807, 2.05) is 18.2 Å². The van der Waals surface area contributed by atoms with E-state index in [-0.39, 0.29) is 5.91 Å². The summed E-state index contributed by atoms with van der Waals surface area (Å²) in [5, 5.41) is 4.48. The lowest BCUT2D eigenvalue weighted by atomic mass is 10.2. The van der Waals surface area contributed by atoms with Gasteiger partial charge in [0.15, 0.2) is 5.16 Å². The first-order chi connectivity index (χ1) is 10.5. The largest absolute Gasteiger partial charge is 0.355 e. The van der Waals surface area contributed by atoms with Crippen LogP contribution in [0.1, 0.15) is 27.2 Å². The Morgan fingerprint density at radius 1 is 1.45 bits per heavy atom. The van der Waals surface area contributed by atoms with Crippen molar-refractivity contribution in [1.29, 1.82) is 0 Å². The van der Waals surface area contributed by atoms with Crippen molar-refractivity contribution in [2.24, 2.45) is 5.92 Å². The van der Waals surface area contributed by atoms with E-state index in [0.717, 1.165) is 29.2 Å². The van der Waals surface area contributed by atoms with Gasteiger partial charge in [0, 0.05) is 18.1 Å². The molecule has 1 heterocycles. The molecule has 0 aliphatic heterocycles. The number of hydrogen-bond acceptors (Lipinski definition) is 3. The molecule has 0 bridgehead atoms. The predicted octanol–water partition coefficient (Wildman–Crippen LogP) is 3.96. The summed E-state index contributed by atoms with van der Waals surface area (Å²) in [6, 6.07) is 5.73. The highest BCUT2D eigenvalue weighted by molar-refractivity contribution is 7.99. The monoisotopic (exact) mass is 339 g/mol. The van der Waals surface area contributed by atoms with Crippen molar-refractivity contribution >= 4 is 40.3 Å². The quantitative estimate of drug-likeness (QED) is 0.776. The Morgan fingerprint density at radius 2 is 2.23 bits per heavy atom. The first-order valence-electron chi connectivity index (χ1n) is 7.56. The molecule has 0 unspecified atom stereocenters. The molecule has 0 saturated carbocycles. The van der Waals surface area contributed by atoms with E-state index in [9.17, 15) is 4.79 Å². The predicted molar refractivity (Wildman–Crippen MR) is 93.6 cm³/mol. The summed E-state index contributed by atoms with van der Waals surface area (Å²) >= 11 is 7.51. The number of benzene rings is 1. The fourth-order valence-corrected chi connectivity index (χ4v) is 3.17. The van der Waals surface area contributed by atoms with Gasteiger partial charge in [-0.25, -0.2) is 4.98 Å². The minimum atomic E-state index is 0.0480. The van der Waals surface area contributed by atoms with Crippen LogP contribution in [0.25, 0.3) is 11.0 Å². The molecular weight excluding hydrogens is 318 g/mol. The number of nitrogens with zero attached hydrogens (tertiary/aromatic N) is 2. The summed E-state index contributed by atoms with van der Waals surface area (Å²) in [7, 11) is 0. The van der Waals surface area contributed by atoms with E-state index < -0.39 is 0 Å². The van der Waals surface area contributed by atoms with Gasteiger partial charge in [-0.15, -0.1) is 0 Å². The average Bonchev–Trinajstić information content (AvgIpc) is 2.80. The Bertz CT molecular complexity index is 654. The summed E-state index contributed by atoms with van der Waals surface area (Å²) in [5.41, 5.74) is 1.95. The molecule has 1 aromatic heterocycles. The minimum Gasteiger partial charge on any atom is -0.355 e. The Hall–Kier alpha value is -1.20. The number of aromatic nitrogens is 2. The smallest absolute Gasteiger partial charge is 0.230 e. The third kappa shape index (κ3) is 4.40. The average molecular weight is 340 g/mol. The highest BCUT2D eigenvalue weighted by Gasteiger charge is 2.13. The van der Waals surface area contributed by atoms with Crippen molar-refractivity contribution in [2.75, 3.05) is 12.3 Å². The van der Waals surface area contributed by atoms with E-state index in [2.05, 4.69) is 35.6 Å². The van der Waals surface area contributed by atoms with E-state index >= 15 is 0 Å². The number of carbonyl (C=O) groups is 1. The summed E-state index contributed by atoms with van der Waals surface area (Å²) in [6.45, 7) is 7.88. The van der Waals surface area contributed by atoms with Gasteiger partial charge in [-0.2, -0.15) is 0 Å². The molecule has 0 fully saturated rings. The van der Waals surface area contributed by atoms with Crippen LogP contribution in [0.3, 0.4) is 0 Å². The van der Waals surface area contributed by atoms with Gasteiger partial charge in [-0.05, 0) is 30.5 Å². The maximum atomic E-state index is 11.9. The molecule has 0 atom stereocenters. The van der Waals surface area contributed by atoms with Gasteiger partial charge in [0.25, 0.3) is 0 Å². The number of aryl methyl sites for hydroxylation is 1. The number of nitrogens with one attached hydrogen (secondary N) is 1. The summed E-state index contributed by atoms with van der Waals surface area (Å²) < 4.78 is 2.16. The third-order valence-electron chi connectivity index (χ3n) is 3.16. The van der Waals surface area contributed by atoms with Gasteiger partial charge >= 0.3 is 0 Å². The first-order valence-corrected chi connectivity index (χ1v) is 8.93. The van der Waals surface area contributed by atoms with Gasteiger partial charge < -0.3 is 9.88 Å². The van der Waals surface area contributed by atoms with Crippen molar-refractivity contribution in [3.8, 4) is 0 Å². The van der Waals surface area contributed by atoms with E-state index in [0.29, 0.717) is 23.2 Å². The third-order valence-corrected chi connectivity index (χ3v) is 4.37. The van der Waals surface area contributed by atoms with Crippen molar-refractivity contribution in [3.63, 3.8) is 0 Å². The van der Waals surface area contributed by atoms with Gasteiger partial charge in [-0.3, -0.25) is 4.79 Å². The molecule has 0 spiro atoms. The fourth-order valence-electron chi connectivity index (χ4n) is 2.13. The normalized spacial score (nSPS) is 11.3. The molecule has 1 N–H and O–H groups in total. The van der Waals surface area contributed by atoms with Crippen LogP contribution in [0.4, 0.5) is 0 Å². The highest BCUT2D eigenvalue weighted by atomic mass is 35.5. The lowest BCUT2D eigenvalue weighted by Crippen LogP contribution is -2.28. The molecule has 0 aliphatic rings. The van der Waals surface area contributed by atoms with E-state index in [1.165, 1.54) is 11.8 Å². The van der Waals surface area contributed by atoms with Crippen molar-refractivity contribution in [2.45, 2.75) is 38.9 Å². The van der Waals surface area contributed by atoms with Gasteiger partial charge in [0.1, 0.15) is 0 Å². The van der Waals surface area contributed by atoms with Crippen LogP contribution >= 0.6 is 23.4 Å². The molecule has 0 aliphatic carbocycles. The summed E-state index contributed by atoms with van der Waals surface area (Å²) in [4.78, 5) is 16.5. The van der Waals surface area contributed by atoms with Crippen LogP contribution in [0.5, 0.6) is 0 Å². The number of hydrogen-bond donors (Lipinski definition) is 1. The molecule has 6 heteroatoms. The summed E-state index contributed by atoms with van der Waals surface area (Å²) in [5.74, 6) is 0.889. The number of fused-ring (bicyclic) bond motifs is 1. The van der Waals surface area contributed by atoms with Crippen LogP contribution in [0.15, 0.2) is 23.4 Å². The molecule has 2 aromatic rings. The van der Waals surface area contributed by atoms with Crippen LogP contribution < -0.4 is 5.32 Å². The number of amides is 1. The molecule has 4 nitrogen and oxygen atoms in total. The Kier molecular flexibility index (Phi) is 6.15. The second-order valence-electron chi connectivity index (χ2n) is 5.67. The molecule has 1 aromatic carbocycles. The molecular formula is C16H22ClN3OS. The first kappa shape index (κ1) is 17.2. The highest BCUT2D eigenvalue weighted by Crippen LogP contribution is 2.26. The van der Waals surface area contributed by atoms with Crippen molar-refractivity contribution in [1.82, 2.24) is 14.9 Å². The lowest BCUT2D eigenvalue weighted by Gasteiger charge is -2.09. The zero-order chi connectivity index (χ0) is 16.1. The molecule has 1 amide bonds. The maximum absolute atomic E-state index is 11.9. The van der Waals surface area contributed by atoms with Gasteiger partial charge in [-0.1, -0.05) is 44.1 Å². The number of imidazole rings is 1. The van der Waals surface area contributed by atoms with Gasteiger partial charge in [0.05, 0.1) is 16.8 Å². The number of halogens is 1. The minimum absolute atomic E-state index is 0.0480. The lowest BCUT2D eigenvalue weighted by molar-refractivity contribution is -0.118. The second-order valence-corrected chi connectivity index (χ2v) is 7.04. The van der Waals surface area contributed by atoms with E-state index in [1.54, 1.807) is 0 Å². The SMILES string of the molecule is CCCn1c(SCC(=O)NCC(C)C)nc2cc(Cl)ccc21. The molecule has 0 saturated heterocycles. The Labute approximate surface area is 140 Å². The summed E-state index contributed by atoms with van der Waals surface area (Å²) in [6.07, 6.45) is 1.02. The zero-order valence-electron chi connectivity index (χ0n) is 13.2. The Morgan fingerprint density at radius 3 is 2.91 bits per heavy atom. The van der Waals surface area contributed by atoms with Crippen LogP contribution in [-0.2, 0) is 11.3 Å². The van der Waals surface area contributed by atoms with Crippen LogP contribution in [0.2, 0.25) is 5.02 Å². The van der Waals surface area contributed by atoms with Gasteiger partial charge in [0.2, 0.25) is 5.91 Å². The zero-order valence-corrected chi connectivity index (χ0v) is 14.8. The molecule has 0 radical (unpaired) electrons. The van der Waals surface area contributed by atoms with E-state index in [4.69, 9.17) is 11.6 Å². The molecule has 120 valence electrons. The maximum Gasteiger partial charge on any atom is 0.230 e. The molecule has 22 heavy (non-hydrogen) atoms. The second kappa shape index (κ2) is 7.88. The molecule has 2 rings (SSSR count). The van der Waals surface area contributed by atoms with Crippen molar-refractivity contribution < 1.29 is 4.79 Å². The standard InChI is InChI=1S/C16H22ClN3OS/c1-4-7-20-14-6-5-12(17)8-13(14)19-16(20)22-10-15(21)18-9-11(2)3/h5-6,8,11H,4,7,9-10H2,1-3H3,(H,18,21). The van der Waals surface area contributed by atoms with Crippen molar-refractivity contribution in [3.05, 3.63) is 23.2 Å². The number of rotatable bonds is 7. The number of thioether (sulfide) groups is 1.